The van der Waals surface area contributed by atoms with Gasteiger partial charge in [0.1, 0.15) is 5.60 Å². The summed E-state index contributed by atoms with van der Waals surface area (Å²) in [6, 6.07) is 4.64. The fraction of sp³-hybridized carbons (Fsp3) is 0.500. The van der Waals surface area contributed by atoms with Gasteiger partial charge in [-0.1, -0.05) is 19.1 Å². The molecule has 2 nitrogen and oxygen atoms in total. The first kappa shape index (κ1) is 12.1. The zero-order valence-corrected chi connectivity index (χ0v) is 10.2. The van der Waals surface area contributed by atoms with E-state index in [0.717, 1.165) is 31.3 Å². The first-order chi connectivity index (χ1) is 8.12. The Labute approximate surface area is 102 Å². The van der Waals surface area contributed by atoms with E-state index in [4.69, 9.17) is 4.74 Å². The first-order valence-electron chi connectivity index (χ1n) is 6.10. The molecule has 1 aliphatic carbocycles. The van der Waals surface area contributed by atoms with E-state index < -0.39 is 5.95 Å². The molecule has 1 aromatic rings. The molecule has 0 radical (unpaired) electrons. The number of hydrogen-bond donors (Lipinski definition) is 0. The van der Waals surface area contributed by atoms with Crippen LogP contribution in [0.1, 0.15) is 39.0 Å². The summed E-state index contributed by atoms with van der Waals surface area (Å²) in [7, 11) is 0. The van der Waals surface area contributed by atoms with Crippen LogP contribution in [0, 0.1) is 5.95 Å². The van der Waals surface area contributed by atoms with E-state index >= 15 is 0 Å². The number of ether oxygens (including phenoxy) is 1. The van der Waals surface area contributed by atoms with Crippen LogP contribution in [0.2, 0.25) is 0 Å². The Hall–Kier alpha value is -1.38. The summed E-state index contributed by atoms with van der Waals surface area (Å²) in [6.07, 6.45) is 5.38. The van der Waals surface area contributed by atoms with Crippen molar-refractivity contribution in [1.82, 2.24) is 4.98 Å². The van der Waals surface area contributed by atoms with E-state index in [9.17, 15) is 4.39 Å². The molecule has 1 aromatic heterocycles. The minimum Gasteiger partial charge on any atom is -0.466 e. The summed E-state index contributed by atoms with van der Waals surface area (Å²) in [5, 5.41) is 0. The van der Waals surface area contributed by atoms with Crippen LogP contribution in [0.5, 0.6) is 5.88 Å². The molecule has 0 spiro atoms. The van der Waals surface area contributed by atoms with Gasteiger partial charge in [0.05, 0.1) is 0 Å². The predicted octanol–water partition coefficient (Wildman–Crippen LogP) is 3.88. The van der Waals surface area contributed by atoms with Crippen molar-refractivity contribution < 1.29 is 9.13 Å². The van der Waals surface area contributed by atoms with Gasteiger partial charge in [0.2, 0.25) is 11.8 Å². The lowest BCUT2D eigenvalue weighted by Crippen LogP contribution is -2.39. The van der Waals surface area contributed by atoms with Crippen molar-refractivity contribution in [3.63, 3.8) is 0 Å². The number of halogens is 1. The third-order valence-corrected chi connectivity index (χ3v) is 3.43. The highest BCUT2D eigenvalue weighted by Gasteiger charge is 2.35. The number of pyridine rings is 1. The van der Waals surface area contributed by atoms with Crippen molar-refractivity contribution in [2.24, 2.45) is 0 Å². The molecule has 1 saturated carbocycles. The molecule has 0 atom stereocenters. The van der Waals surface area contributed by atoms with Crippen LogP contribution in [0.25, 0.3) is 0 Å². The van der Waals surface area contributed by atoms with Gasteiger partial charge >= 0.3 is 0 Å². The highest BCUT2D eigenvalue weighted by Crippen LogP contribution is 2.37. The van der Waals surface area contributed by atoms with Gasteiger partial charge in [-0.15, -0.1) is 0 Å². The van der Waals surface area contributed by atoms with E-state index in [1.807, 2.05) is 6.92 Å². The number of aromatic nitrogens is 1. The van der Waals surface area contributed by atoms with Crippen LogP contribution >= 0.6 is 0 Å². The van der Waals surface area contributed by atoms with Gasteiger partial charge < -0.3 is 4.74 Å². The monoisotopic (exact) mass is 235 g/mol. The summed E-state index contributed by atoms with van der Waals surface area (Å²) >= 11 is 0. The second kappa shape index (κ2) is 4.86. The van der Waals surface area contributed by atoms with Crippen LogP contribution in [-0.4, -0.2) is 10.6 Å². The van der Waals surface area contributed by atoms with Crippen LogP contribution in [0.3, 0.4) is 0 Å². The zero-order chi connectivity index (χ0) is 12.3. The molecule has 1 aliphatic rings. The quantitative estimate of drug-likeness (QED) is 0.586. The number of hydrogen-bond acceptors (Lipinski definition) is 2. The van der Waals surface area contributed by atoms with Crippen molar-refractivity contribution in [1.29, 1.82) is 0 Å². The molecule has 92 valence electrons. The average molecular weight is 235 g/mol. The Kier molecular flexibility index (Phi) is 3.46. The lowest BCUT2D eigenvalue weighted by atomic mass is 9.80. The van der Waals surface area contributed by atoms with Gasteiger partial charge in [0.15, 0.2) is 0 Å². The molecular weight excluding hydrogens is 217 g/mol. The maximum Gasteiger partial charge on any atom is 0.216 e. The fourth-order valence-electron chi connectivity index (χ4n) is 2.39. The number of rotatable bonds is 3. The first-order valence-corrected chi connectivity index (χ1v) is 6.10. The Morgan fingerprint density at radius 2 is 2.06 bits per heavy atom. The van der Waals surface area contributed by atoms with Crippen LogP contribution in [0.15, 0.2) is 30.4 Å². The minimum atomic E-state index is -0.504. The van der Waals surface area contributed by atoms with E-state index in [2.05, 4.69) is 11.6 Å². The zero-order valence-electron chi connectivity index (χ0n) is 10.2. The predicted molar refractivity (Wildman–Crippen MR) is 65.5 cm³/mol. The molecule has 1 heterocycles. The Balaban J connectivity index is 2.20. The molecule has 3 heteroatoms. The third kappa shape index (κ3) is 2.65. The SMILES string of the molecule is C=C(C)C1(Oc2cccc(F)n2)CCCCC1. The largest absolute Gasteiger partial charge is 0.466 e. The topological polar surface area (TPSA) is 22.1 Å². The Bertz CT molecular complexity index is 410. The Morgan fingerprint density at radius 3 is 2.65 bits per heavy atom. The van der Waals surface area contributed by atoms with Crippen molar-refractivity contribution >= 4 is 0 Å². The summed E-state index contributed by atoms with van der Waals surface area (Å²) in [4.78, 5) is 3.76. The molecular formula is C14H18FNO. The molecule has 17 heavy (non-hydrogen) atoms. The summed E-state index contributed by atoms with van der Waals surface area (Å²) in [6.45, 7) is 6.00. The fourth-order valence-corrected chi connectivity index (χ4v) is 2.39. The van der Waals surface area contributed by atoms with Crippen LogP contribution in [0.4, 0.5) is 4.39 Å². The standard InChI is InChI=1S/C14H18FNO/c1-11(2)14(9-4-3-5-10-14)17-13-8-6-7-12(15)16-13/h6-8H,1,3-5,9-10H2,2H3. The molecule has 0 aliphatic heterocycles. The van der Waals surface area contributed by atoms with Crippen LogP contribution < -0.4 is 4.74 Å². The number of nitrogens with zero attached hydrogens (tertiary/aromatic N) is 1. The maximum atomic E-state index is 13.0. The molecule has 0 amide bonds. The van der Waals surface area contributed by atoms with Gasteiger partial charge in [0.25, 0.3) is 0 Å². The maximum absolute atomic E-state index is 13.0. The molecule has 0 unspecified atom stereocenters. The highest BCUT2D eigenvalue weighted by atomic mass is 19.1. The van der Waals surface area contributed by atoms with Gasteiger partial charge in [-0.25, -0.2) is 0 Å². The normalized spacial score (nSPS) is 18.7. The van der Waals surface area contributed by atoms with E-state index in [-0.39, 0.29) is 5.60 Å². The summed E-state index contributed by atoms with van der Waals surface area (Å²) in [5.74, 6) is -0.148. The van der Waals surface area contributed by atoms with Crippen LogP contribution in [-0.2, 0) is 0 Å². The van der Waals surface area contributed by atoms with Crippen molar-refractivity contribution in [2.45, 2.75) is 44.6 Å². The lowest BCUT2D eigenvalue weighted by Gasteiger charge is -2.37. The van der Waals surface area contributed by atoms with E-state index in [1.54, 1.807) is 12.1 Å². The Morgan fingerprint density at radius 1 is 1.35 bits per heavy atom. The van der Waals surface area contributed by atoms with Gasteiger partial charge in [-0.05, 0) is 44.2 Å². The van der Waals surface area contributed by atoms with Crippen molar-refractivity contribution in [3.8, 4) is 5.88 Å². The molecule has 2 rings (SSSR count). The second-order valence-electron chi connectivity index (χ2n) is 4.74. The lowest BCUT2D eigenvalue weighted by molar-refractivity contribution is 0.0604. The molecule has 0 aromatic carbocycles. The minimum absolute atomic E-state index is 0.348. The molecule has 0 saturated heterocycles. The van der Waals surface area contributed by atoms with Gasteiger partial charge in [0, 0.05) is 6.07 Å². The highest BCUT2D eigenvalue weighted by molar-refractivity contribution is 5.19. The van der Waals surface area contributed by atoms with Gasteiger partial charge in [-0.2, -0.15) is 9.37 Å². The van der Waals surface area contributed by atoms with E-state index in [1.165, 1.54) is 12.5 Å². The average Bonchev–Trinajstić information content (AvgIpc) is 2.30. The molecule has 0 N–H and O–H groups in total. The van der Waals surface area contributed by atoms with Crippen molar-refractivity contribution in [2.75, 3.05) is 0 Å². The van der Waals surface area contributed by atoms with E-state index in [0.29, 0.717) is 5.88 Å². The molecule has 1 fully saturated rings. The molecule has 0 bridgehead atoms. The second-order valence-corrected chi connectivity index (χ2v) is 4.74. The smallest absolute Gasteiger partial charge is 0.216 e. The summed E-state index contributed by atoms with van der Waals surface area (Å²) in [5.41, 5.74) is 0.655. The summed E-state index contributed by atoms with van der Waals surface area (Å²) < 4.78 is 19.0. The third-order valence-electron chi connectivity index (χ3n) is 3.43. The van der Waals surface area contributed by atoms with Gasteiger partial charge in [-0.3, -0.25) is 0 Å². The van der Waals surface area contributed by atoms with Crippen molar-refractivity contribution in [3.05, 3.63) is 36.3 Å².